The summed E-state index contributed by atoms with van der Waals surface area (Å²) in [7, 11) is 0. The Morgan fingerprint density at radius 2 is 2.17 bits per heavy atom. The van der Waals surface area contributed by atoms with Gasteiger partial charge in [-0.05, 0) is 18.6 Å². The highest BCUT2D eigenvalue weighted by Gasteiger charge is 2.14. The molecule has 2 N–H and O–H groups in total. The number of nitrogens with zero attached hydrogens (tertiary/aromatic N) is 2. The molecule has 0 aliphatic heterocycles. The molecule has 0 aliphatic carbocycles. The molecule has 1 amide bonds. The van der Waals surface area contributed by atoms with Crippen molar-refractivity contribution >= 4 is 5.91 Å². The van der Waals surface area contributed by atoms with E-state index in [0.717, 1.165) is 0 Å². The molecule has 1 aromatic carbocycles. The smallest absolute Gasteiger partial charge is 0.254 e. The minimum atomic E-state index is -0.895. The van der Waals surface area contributed by atoms with Gasteiger partial charge < -0.3 is 5.32 Å². The van der Waals surface area contributed by atoms with Gasteiger partial charge in [0.15, 0.2) is 0 Å². The predicted molar refractivity (Wildman–Crippen MR) is 58.6 cm³/mol. The normalized spacial score (nSPS) is 10.4. The van der Waals surface area contributed by atoms with Gasteiger partial charge >= 0.3 is 0 Å². The Hall–Kier alpha value is -2.31. The molecule has 0 saturated heterocycles. The zero-order valence-electron chi connectivity index (χ0n) is 9.50. The van der Waals surface area contributed by atoms with Gasteiger partial charge in [0.05, 0.1) is 12.1 Å². The Kier molecular flexibility index (Phi) is 3.31. The summed E-state index contributed by atoms with van der Waals surface area (Å²) in [6, 6.07) is 1.86. The summed E-state index contributed by atoms with van der Waals surface area (Å²) in [4.78, 5) is 15.5. The number of hydrogen-bond acceptors (Lipinski definition) is 3. The van der Waals surface area contributed by atoms with Gasteiger partial charge in [0.1, 0.15) is 23.8 Å². The van der Waals surface area contributed by atoms with Crippen molar-refractivity contribution < 1.29 is 13.6 Å². The number of aryl methyl sites for hydroxylation is 1. The largest absolute Gasteiger partial charge is 0.345 e. The monoisotopic (exact) mass is 252 g/mol. The standard InChI is InChI=1S/C11H10F2N4O/c1-6-2-7(9(13)3-8(6)12)11(18)14-4-10-15-5-16-17-10/h2-3,5H,4H2,1H3,(H,14,18)(H,15,16,17). The van der Waals surface area contributed by atoms with Crippen molar-refractivity contribution in [1.82, 2.24) is 20.5 Å². The third-order valence-corrected chi connectivity index (χ3v) is 2.37. The van der Waals surface area contributed by atoms with Crippen LogP contribution in [0.4, 0.5) is 8.78 Å². The lowest BCUT2D eigenvalue weighted by atomic mass is 10.1. The van der Waals surface area contributed by atoms with E-state index >= 15 is 0 Å². The van der Waals surface area contributed by atoms with Gasteiger partial charge in [0, 0.05) is 6.07 Å². The van der Waals surface area contributed by atoms with Gasteiger partial charge in [-0.15, -0.1) is 0 Å². The fraction of sp³-hybridized carbons (Fsp3) is 0.182. The molecule has 0 aliphatic rings. The lowest BCUT2D eigenvalue weighted by molar-refractivity contribution is 0.0945. The summed E-state index contributed by atoms with van der Waals surface area (Å²) in [5, 5.41) is 8.61. The second-order valence-corrected chi connectivity index (χ2v) is 3.70. The molecule has 0 saturated carbocycles. The van der Waals surface area contributed by atoms with Crippen molar-refractivity contribution in [1.29, 1.82) is 0 Å². The first-order valence-electron chi connectivity index (χ1n) is 5.16. The van der Waals surface area contributed by atoms with Gasteiger partial charge in [-0.2, -0.15) is 5.10 Å². The average molecular weight is 252 g/mol. The van der Waals surface area contributed by atoms with Crippen molar-refractivity contribution in [3.8, 4) is 0 Å². The first kappa shape index (κ1) is 12.2. The molecular formula is C11H10F2N4O. The topological polar surface area (TPSA) is 70.7 Å². The Morgan fingerprint density at radius 1 is 1.39 bits per heavy atom. The molecule has 2 aromatic rings. The van der Waals surface area contributed by atoms with E-state index in [1.54, 1.807) is 0 Å². The van der Waals surface area contributed by atoms with Crippen molar-refractivity contribution in [2.24, 2.45) is 0 Å². The van der Waals surface area contributed by atoms with Crippen LogP contribution in [0.1, 0.15) is 21.7 Å². The number of aromatic nitrogens is 3. The Labute approximate surface area is 101 Å². The highest BCUT2D eigenvalue weighted by Crippen LogP contribution is 2.14. The van der Waals surface area contributed by atoms with E-state index in [4.69, 9.17) is 0 Å². The SMILES string of the molecule is Cc1cc(C(=O)NCc2ncn[nH]2)c(F)cc1F. The van der Waals surface area contributed by atoms with Gasteiger partial charge in [-0.3, -0.25) is 9.89 Å². The van der Waals surface area contributed by atoms with E-state index in [1.165, 1.54) is 19.3 Å². The van der Waals surface area contributed by atoms with E-state index in [-0.39, 0.29) is 17.7 Å². The van der Waals surface area contributed by atoms with E-state index in [9.17, 15) is 13.6 Å². The van der Waals surface area contributed by atoms with Crippen LogP contribution in [-0.4, -0.2) is 21.1 Å². The first-order valence-corrected chi connectivity index (χ1v) is 5.16. The van der Waals surface area contributed by atoms with Crippen LogP contribution in [0.3, 0.4) is 0 Å². The fourth-order valence-corrected chi connectivity index (χ4v) is 1.41. The number of carbonyl (C=O) groups is 1. The van der Waals surface area contributed by atoms with Gasteiger partial charge in [0.2, 0.25) is 0 Å². The lowest BCUT2D eigenvalue weighted by Crippen LogP contribution is -2.24. The van der Waals surface area contributed by atoms with Crippen LogP contribution >= 0.6 is 0 Å². The quantitative estimate of drug-likeness (QED) is 0.865. The Morgan fingerprint density at radius 3 is 2.83 bits per heavy atom. The van der Waals surface area contributed by atoms with Crippen LogP contribution in [0.2, 0.25) is 0 Å². The summed E-state index contributed by atoms with van der Waals surface area (Å²) in [5.74, 6) is -1.76. The molecule has 0 radical (unpaired) electrons. The maximum absolute atomic E-state index is 13.4. The second-order valence-electron chi connectivity index (χ2n) is 3.70. The molecule has 0 unspecified atom stereocenters. The van der Waals surface area contributed by atoms with Gasteiger partial charge in [0.25, 0.3) is 5.91 Å². The number of aromatic amines is 1. The second kappa shape index (κ2) is 4.91. The summed E-state index contributed by atoms with van der Waals surface area (Å²) >= 11 is 0. The molecule has 7 heteroatoms. The van der Waals surface area contributed by atoms with Crippen molar-refractivity contribution in [2.45, 2.75) is 13.5 Å². The summed E-state index contributed by atoms with van der Waals surface area (Å²) in [6.45, 7) is 1.55. The molecule has 1 aromatic heterocycles. The van der Waals surface area contributed by atoms with Crippen LogP contribution in [0.15, 0.2) is 18.5 Å². The zero-order chi connectivity index (χ0) is 13.1. The van der Waals surface area contributed by atoms with Crippen LogP contribution in [0.5, 0.6) is 0 Å². The molecule has 0 spiro atoms. The van der Waals surface area contributed by atoms with Gasteiger partial charge in [-0.1, -0.05) is 0 Å². The molecule has 1 heterocycles. The first-order chi connectivity index (χ1) is 8.58. The predicted octanol–water partition coefficient (Wildman–Crippen LogP) is 1.32. The van der Waals surface area contributed by atoms with Crippen LogP contribution in [-0.2, 0) is 6.54 Å². The lowest BCUT2D eigenvalue weighted by Gasteiger charge is -2.06. The molecule has 2 rings (SSSR count). The van der Waals surface area contributed by atoms with Crippen LogP contribution in [0, 0.1) is 18.6 Å². The number of carbonyl (C=O) groups excluding carboxylic acids is 1. The highest BCUT2D eigenvalue weighted by molar-refractivity contribution is 5.94. The van der Waals surface area contributed by atoms with Crippen molar-refractivity contribution in [2.75, 3.05) is 0 Å². The Balaban J connectivity index is 2.11. The Bertz CT molecular complexity index is 569. The molecule has 0 fully saturated rings. The summed E-state index contributed by atoms with van der Waals surface area (Å²) in [6.07, 6.45) is 1.30. The van der Waals surface area contributed by atoms with Crippen LogP contribution in [0.25, 0.3) is 0 Å². The minimum Gasteiger partial charge on any atom is -0.345 e. The number of hydrogen-bond donors (Lipinski definition) is 2. The fourth-order valence-electron chi connectivity index (χ4n) is 1.41. The van der Waals surface area contributed by atoms with E-state index in [1.807, 2.05) is 0 Å². The van der Waals surface area contributed by atoms with Gasteiger partial charge in [-0.25, -0.2) is 13.8 Å². The highest BCUT2D eigenvalue weighted by atomic mass is 19.1. The third-order valence-electron chi connectivity index (χ3n) is 2.37. The molecule has 5 nitrogen and oxygen atoms in total. The van der Waals surface area contributed by atoms with Crippen LogP contribution < -0.4 is 5.32 Å². The molecular weight excluding hydrogens is 242 g/mol. The number of H-pyrrole nitrogens is 1. The number of nitrogens with one attached hydrogen (secondary N) is 2. The number of halogens is 2. The molecule has 0 atom stereocenters. The number of benzene rings is 1. The zero-order valence-corrected chi connectivity index (χ0v) is 9.50. The van der Waals surface area contributed by atoms with Crippen molar-refractivity contribution in [3.63, 3.8) is 0 Å². The van der Waals surface area contributed by atoms with E-state index in [0.29, 0.717) is 11.9 Å². The third kappa shape index (κ3) is 2.50. The molecule has 18 heavy (non-hydrogen) atoms. The summed E-state index contributed by atoms with van der Waals surface area (Å²) in [5.41, 5.74) is 0.00892. The van der Waals surface area contributed by atoms with Crippen molar-refractivity contribution in [3.05, 3.63) is 47.0 Å². The average Bonchev–Trinajstić information content (AvgIpc) is 2.84. The maximum atomic E-state index is 13.4. The molecule has 0 bridgehead atoms. The van der Waals surface area contributed by atoms with E-state index < -0.39 is 17.5 Å². The maximum Gasteiger partial charge on any atom is 0.254 e. The molecule has 94 valence electrons. The summed E-state index contributed by atoms with van der Waals surface area (Å²) < 4.78 is 26.4. The van der Waals surface area contributed by atoms with E-state index in [2.05, 4.69) is 20.5 Å². The number of amides is 1. The number of rotatable bonds is 3. The minimum absolute atomic E-state index is 0.0920.